The normalized spacial score (nSPS) is 14.5. The summed E-state index contributed by atoms with van der Waals surface area (Å²) in [5.41, 5.74) is 3.41. The van der Waals surface area contributed by atoms with Crippen LogP contribution in [0.15, 0.2) is 59.0 Å². The van der Waals surface area contributed by atoms with Gasteiger partial charge in [-0.15, -0.1) is 5.10 Å². The van der Waals surface area contributed by atoms with E-state index in [0.717, 1.165) is 25.1 Å². The third-order valence-corrected chi connectivity index (χ3v) is 5.31. The van der Waals surface area contributed by atoms with Gasteiger partial charge in [-0.05, 0) is 41.9 Å². The van der Waals surface area contributed by atoms with Crippen molar-refractivity contribution in [2.45, 2.75) is 13.1 Å². The lowest BCUT2D eigenvalue weighted by Crippen LogP contribution is -2.31. The smallest absolute Gasteiger partial charge is 0.288 e. The van der Waals surface area contributed by atoms with Gasteiger partial charge >= 0.3 is 0 Å². The maximum atomic E-state index is 5.75. The van der Waals surface area contributed by atoms with Crippen LogP contribution in [0.25, 0.3) is 17.0 Å². The molecular formula is C22H23N3O3S. The Morgan fingerprint density at radius 2 is 1.93 bits per heavy atom. The van der Waals surface area contributed by atoms with E-state index in [-0.39, 0.29) is 0 Å². The quantitative estimate of drug-likeness (QED) is 0.553. The number of rotatable bonds is 6. The number of methoxy groups -OCH3 is 2. The van der Waals surface area contributed by atoms with Crippen LogP contribution in [0.4, 0.5) is 0 Å². The lowest BCUT2D eigenvalue weighted by molar-refractivity contribution is 0.223. The Kier molecular flexibility index (Phi) is 5.78. The lowest BCUT2D eigenvalue weighted by Gasteiger charge is -2.25. The molecule has 0 atom stereocenters. The van der Waals surface area contributed by atoms with E-state index in [0.29, 0.717) is 28.9 Å². The zero-order valence-electron chi connectivity index (χ0n) is 16.5. The maximum absolute atomic E-state index is 5.75. The standard InChI is InChI=1S/C22H23N3O3S/c1-26-18-8-9-19(20(14-18)27-2)21-23-25(22(29)28-21)15-24-12-10-17(11-13-24)16-6-4-3-5-7-16/h3-10,14H,11-13,15H2,1-2H3. The molecule has 0 saturated carbocycles. The predicted molar refractivity (Wildman–Crippen MR) is 114 cm³/mol. The van der Waals surface area contributed by atoms with Gasteiger partial charge in [-0.3, -0.25) is 4.90 Å². The molecule has 0 fully saturated rings. The van der Waals surface area contributed by atoms with Crippen LogP contribution < -0.4 is 9.47 Å². The van der Waals surface area contributed by atoms with E-state index >= 15 is 0 Å². The van der Waals surface area contributed by atoms with E-state index in [1.54, 1.807) is 25.0 Å². The molecular weight excluding hydrogens is 386 g/mol. The Balaban J connectivity index is 1.50. The summed E-state index contributed by atoms with van der Waals surface area (Å²) in [6.45, 7) is 2.37. The molecule has 0 aliphatic carbocycles. The van der Waals surface area contributed by atoms with Gasteiger partial charge in [0, 0.05) is 19.2 Å². The summed E-state index contributed by atoms with van der Waals surface area (Å²) in [7, 11) is 3.22. The molecule has 0 saturated heterocycles. The molecule has 1 aliphatic rings. The Hall–Kier alpha value is -2.90. The Labute approximate surface area is 175 Å². The molecule has 2 heterocycles. The molecule has 6 nitrogen and oxygen atoms in total. The molecule has 1 aromatic heterocycles. The van der Waals surface area contributed by atoms with Crippen LogP contribution in [0.1, 0.15) is 12.0 Å². The number of hydrogen-bond acceptors (Lipinski definition) is 6. The molecule has 0 amide bonds. The van der Waals surface area contributed by atoms with Gasteiger partial charge in [-0.25, -0.2) is 4.68 Å². The van der Waals surface area contributed by atoms with Crippen LogP contribution >= 0.6 is 12.2 Å². The Morgan fingerprint density at radius 3 is 2.62 bits per heavy atom. The van der Waals surface area contributed by atoms with E-state index in [9.17, 15) is 0 Å². The first-order chi connectivity index (χ1) is 14.2. The molecule has 4 rings (SSSR count). The fourth-order valence-electron chi connectivity index (χ4n) is 3.42. The van der Waals surface area contributed by atoms with Gasteiger partial charge in [0.1, 0.15) is 11.5 Å². The first kappa shape index (κ1) is 19.4. The first-order valence-electron chi connectivity index (χ1n) is 9.45. The summed E-state index contributed by atoms with van der Waals surface area (Å²) in [6.07, 6.45) is 3.27. The van der Waals surface area contributed by atoms with Gasteiger partial charge in [-0.2, -0.15) is 0 Å². The predicted octanol–water partition coefficient (Wildman–Crippen LogP) is 4.64. The monoisotopic (exact) mass is 409 g/mol. The summed E-state index contributed by atoms with van der Waals surface area (Å²) in [5.74, 6) is 1.77. The Morgan fingerprint density at radius 1 is 1.10 bits per heavy atom. The van der Waals surface area contributed by atoms with Crippen molar-refractivity contribution in [3.05, 3.63) is 65.0 Å². The van der Waals surface area contributed by atoms with Crippen LogP contribution in [0.5, 0.6) is 11.5 Å². The minimum Gasteiger partial charge on any atom is -0.497 e. The lowest BCUT2D eigenvalue weighted by atomic mass is 10.00. The van der Waals surface area contributed by atoms with E-state index in [1.165, 1.54) is 11.1 Å². The second kappa shape index (κ2) is 8.63. The summed E-state index contributed by atoms with van der Waals surface area (Å²) in [6, 6.07) is 16.0. The second-order valence-corrected chi connectivity index (χ2v) is 7.15. The van der Waals surface area contributed by atoms with Crippen molar-refractivity contribution >= 4 is 17.8 Å². The molecule has 0 spiro atoms. The number of nitrogens with zero attached hydrogens (tertiary/aromatic N) is 3. The number of ether oxygens (including phenoxy) is 2. The van der Waals surface area contributed by atoms with Crippen LogP contribution in [-0.4, -0.2) is 42.0 Å². The fourth-order valence-corrected chi connectivity index (χ4v) is 3.60. The van der Waals surface area contributed by atoms with Gasteiger partial charge < -0.3 is 13.9 Å². The average molecular weight is 410 g/mol. The number of aromatic nitrogens is 2. The molecule has 7 heteroatoms. The van der Waals surface area contributed by atoms with Gasteiger partial charge in [0.15, 0.2) is 0 Å². The molecule has 0 unspecified atom stereocenters. The molecule has 0 bridgehead atoms. The average Bonchev–Trinajstić information content (AvgIpc) is 3.14. The number of hydrogen-bond donors (Lipinski definition) is 0. The third kappa shape index (κ3) is 4.26. The van der Waals surface area contributed by atoms with E-state index in [4.69, 9.17) is 26.1 Å². The minimum absolute atomic E-state index is 0.343. The molecule has 0 radical (unpaired) electrons. The zero-order valence-corrected chi connectivity index (χ0v) is 17.3. The molecule has 1 aliphatic heterocycles. The summed E-state index contributed by atoms with van der Waals surface area (Å²) in [4.78, 5) is 2.63. The summed E-state index contributed by atoms with van der Waals surface area (Å²) in [5, 5.41) is 4.58. The van der Waals surface area contributed by atoms with Crippen LogP contribution in [0.3, 0.4) is 0 Å². The molecule has 150 valence electrons. The number of benzene rings is 2. The third-order valence-electron chi connectivity index (χ3n) is 5.02. The topological polar surface area (TPSA) is 52.7 Å². The van der Waals surface area contributed by atoms with Crippen molar-refractivity contribution in [1.82, 2.24) is 14.7 Å². The highest BCUT2D eigenvalue weighted by Gasteiger charge is 2.18. The van der Waals surface area contributed by atoms with Crippen molar-refractivity contribution in [3.63, 3.8) is 0 Å². The van der Waals surface area contributed by atoms with Crippen LogP contribution in [0, 0.1) is 4.84 Å². The van der Waals surface area contributed by atoms with Crippen LogP contribution in [0.2, 0.25) is 0 Å². The molecule has 29 heavy (non-hydrogen) atoms. The highest BCUT2D eigenvalue weighted by atomic mass is 32.1. The zero-order chi connectivity index (χ0) is 20.2. The highest BCUT2D eigenvalue weighted by molar-refractivity contribution is 7.71. The summed E-state index contributed by atoms with van der Waals surface area (Å²) < 4.78 is 18.2. The van der Waals surface area contributed by atoms with Crippen molar-refractivity contribution in [2.75, 3.05) is 27.3 Å². The molecule has 0 N–H and O–H groups in total. The van der Waals surface area contributed by atoms with Gasteiger partial charge in [0.05, 0.1) is 26.5 Å². The maximum Gasteiger partial charge on any atom is 0.288 e. The molecule has 3 aromatic rings. The van der Waals surface area contributed by atoms with Crippen molar-refractivity contribution in [3.8, 4) is 23.0 Å². The van der Waals surface area contributed by atoms with E-state index < -0.39 is 0 Å². The largest absolute Gasteiger partial charge is 0.497 e. The van der Waals surface area contributed by atoms with Crippen molar-refractivity contribution in [1.29, 1.82) is 0 Å². The summed E-state index contributed by atoms with van der Waals surface area (Å²) >= 11 is 5.40. The first-order valence-corrected chi connectivity index (χ1v) is 9.86. The second-order valence-electron chi connectivity index (χ2n) is 6.80. The van der Waals surface area contributed by atoms with Gasteiger partial charge in [0.25, 0.3) is 10.7 Å². The van der Waals surface area contributed by atoms with Crippen LogP contribution in [-0.2, 0) is 6.67 Å². The van der Waals surface area contributed by atoms with E-state index in [2.05, 4.69) is 40.3 Å². The SMILES string of the molecule is COc1ccc(-c2nn(CN3CC=C(c4ccccc4)CC3)c(=S)o2)c(OC)c1. The van der Waals surface area contributed by atoms with Gasteiger partial charge in [0.2, 0.25) is 0 Å². The van der Waals surface area contributed by atoms with Gasteiger partial charge in [-0.1, -0.05) is 36.4 Å². The Bertz CT molecular complexity index is 1070. The van der Waals surface area contributed by atoms with Crippen molar-refractivity contribution in [2.24, 2.45) is 0 Å². The van der Waals surface area contributed by atoms with Crippen molar-refractivity contribution < 1.29 is 13.9 Å². The molecule has 2 aromatic carbocycles. The van der Waals surface area contributed by atoms with E-state index in [1.807, 2.05) is 18.2 Å². The minimum atomic E-state index is 0.343. The highest BCUT2D eigenvalue weighted by Crippen LogP contribution is 2.32. The fraction of sp³-hybridized carbons (Fsp3) is 0.273.